The number of hydrogen-bond acceptors (Lipinski definition) is 3. The minimum Gasteiger partial charge on any atom is -0.376 e. The summed E-state index contributed by atoms with van der Waals surface area (Å²) < 4.78 is 40.5. The average molecular weight is 296 g/mol. The molecule has 0 saturated carbocycles. The predicted molar refractivity (Wildman–Crippen MR) is 71.5 cm³/mol. The van der Waals surface area contributed by atoms with Gasteiger partial charge >= 0.3 is 5.69 Å². The Hall–Kier alpha value is -2.57. The van der Waals surface area contributed by atoms with Gasteiger partial charge in [0, 0.05) is 17.7 Å². The number of nitrogens with one attached hydrogen (secondary N) is 1. The van der Waals surface area contributed by atoms with Gasteiger partial charge in [-0.1, -0.05) is 18.2 Å². The van der Waals surface area contributed by atoms with Gasteiger partial charge in [0.25, 0.3) is 0 Å². The first kappa shape index (κ1) is 14.8. The second-order valence-electron chi connectivity index (χ2n) is 4.43. The minimum atomic E-state index is -1.26. The van der Waals surface area contributed by atoms with Crippen molar-refractivity contribution in [3.63, 3.8) is 0 Å². The molecule has 0 aliphatic rings. The van der Waals surface area contributed by atoms with Gasteiger partial charge in [-0.2, -0.15) is 4.39 Å². The number of anilines is 1. The highest BCUT2D eigenvalue weighted by atomic mass is 19.1. The van der Waals surface area contributed by atoms with Crippen molar-refractivity contribution in [1.29, 1.82) is 0 Å². The lowest BCUT2D eigenvalue weighted by Gasteiger charge is -2.16. The largest absolute Gasteiger partial charge is 0.376 e. The quantitative estimate of drug-likeness (QED) is 0.680. The van der Waals surface area contributed by atoms with E-state index in [1.54, 1.807) is 13.0 Å². The molecule has 0 amide bonds. The van der Waals surface area contributed by atoms with Crippen LogP contribution in [0.15, 0.2) is 36.4 Å². The highest BCUT2D eigenvalue weighted by Gasteiger charge is 2.20. The van der Waals surface area contributed by atoms with Crippen LogP contribution < -0.4 is 5.32 Å². The van der Waals surface area contributed by atoms with Crippen LogP contribution in [-0.4, -0.2) is 4.92 Å². The molecule has 0 bridgehead atoms. The molecule has 2 aromatic rings. The maximum atomic E-state index is 13.7. The maximum absolute atomic E-state index is 13.7. The zero-order valence-corrected chi connectivity index (χ0v) is 10.9. The Morgan fingerprint density at radius 3 is 2.38 bits per heavy atom. The van der Waals surface area contributed by atoms with Crippen LogP contribution >= 0.6 is 0 Å². The van der Waals surface area contributed by atoms with Crippen LogP contribution in [0.25, 0.3) is 0 Å². The Balaban J connectivity index is 2.33. The summed E-state index contributed by atoms with van der Waals surface area (Å²) in [4.78, 5) is 9.70. The molecule has 1 unspecified atom stereocenters. The van der Waals surface area contributed by atoms with Crippen molar-refractivity contribution >= 4 is 11.4 Å². The van der Waals surface area contributed by atoms with Crippen molar-refractivity contribution in [2.45, 2.75) is 13.0 Å². The second kappa shape index (κ2) is 5.82. The lowest BCUT2D eigenvalue weighted by molar-refractivity contribution is -0.387. The van der Waals surface area contributed by atoms with E-state index in [9.17, 15) is 23.3 Å². The molecule has 2 aromatic carbocycles. The number of hydrogen-bond donors (Lipinski definition) is 1. The summed E-state index contributed by atoms with van der Waals surface area (Å²) in [5.74, 6) is -2.74. The molecule has 1 atom stereocenters. The van der Waals surface area contributed by atoms with E-state index in [-0.39, 0.29) is 11.3 Å². The van der Waals surface area contributed by atoms with Crippen LogP contribution in [0.4, 0.5) is 24.5 Å². The molecule has 0 radical (unpaired) electrons. The number of rotatable bonds is 4. The molecule has 0 heterocycles. The highest BCUT2D eigenvalue weighted by Crippen LogP contribution is 2.28. The van der Waals surface area contributed by atoms with Crippen molar-refractivity contribution in [3.8, 4) is 0 Å². The summed E-state index contributed by atoms with van der Waals surface area (Å²) in [7, 11) is 0. The molecule has 110 valence electrons. The Labute approximate surface area is 118 Å². The van der Waals surface area contributed by atoms with Gasteiger partial charge in [0.05, 0.1) is 16.7 Å². The SMILES string of the molecule is CC(Nc1cc([N+](=O)[O-])c(F)cc1F)c1ccccc1F. The molecule has 21 heavy (non-hydrogen) atoms. The Bertz CT molecular complexity index is 692. The first-order valence-electron chi connectivity index (χ1n) is 6.04. The molecule has 2 rings (SSSR count). The van der Waals surface area contributed by atoms with E-state index in [1.807, 2.05) is 0 Å². The fourth-order valence-electron chi connectivity index (χ4n) is 1.93. The summed E-state index contributed by atoms with van der Waals surface area (Å²) in [5.41, 5.74) is -0.845. The van der Waals surface area contributed by atoms with Gasteiger partial charge in [0.15, 0.2) is 0 Å². The smallest absolute Gasteiger partial charge is 0.307 e. The fraction of sp³-hybridized carbons (Fsp3) is 0.143. The van der Waals surface area contributed by atoms with E-state index in [1.165, 1.54) is 18.2 Å². The van der Waals surface area contributed by atoms with Crippen molar-refractivity contribution in [2.75, 3.05) is 5.32 Å². The second-order valence-corrected chi connectivity index (χ2v) is 4.43. The third-order valence-corrected chi connectivity index (χ3v) is 2.98. The van der Waals surface area contributed by atoms with Crippen LogP contribution in [0.5, 0.6) is 0 Å². The van der Waals surface area contributed by atoms with Crippen molar-refractivity contribution in [3.05, 3.63) is 69.5 Å². The number of benzene rings is 2. The molecule has 1 N–H and O–H groups in total. The molecule has 0 fully saturated rings. The summed E-state index contributed by atoms with van der Waals surface area (Å²) in [6.07, 6.45) is 0. The monoisotopic (exact) mass is 296 g/mol. The van der Waals surface area contributed by atoms with E-state index >= 15 is 0 Å². The number of halogens is 3. The Morgan fingerprint density at radius 2 is 1.76 bits per heavy atom. The Kier molecular flexibility index (Phi) is 4.11. The summed E-state index contributed by atoms with van der Waals surface area (Å²) in [5, 5.41) is 13.3. The van der Waals surface area contributed by atoms with Gasteiger partial charge in [0.2, 0.25) is 5.82 Å². The van der Waals surface area contributed by atoms with Crippen molar-refractivity contribution in [1.82, 2.24) is 0 Å². The predicted octanol–water partition coefficient (Wildman–Crippen LogP) is 4.19. The normalized spacial score (nSPS) is 12.0. The third kappa shape index (κ3) is 3.13. The van der Waals surface area contributed by atoms with Gasteiger partial charge in [-0.15, -0.1) is 0 Å². The molecule has 0 spiro atoms. The first-order chi connectivity index (χ1) is 9.90. The summed E-state index contributed by atoms with van der Waals surface area (Å²) in [6, 6.07) is 6.40. The van der Waals surface area contributed by atoms with Gasteiger partial charge in [-0.25, -0.2) is 8.78 Å². The number of nitrogens with zero attached hydrogens (tertiary/aromatic N) is 1. The molecule has 4 nitrogen and oxygen atoms in total. The lowest BCUT2D eigenvalue weighted by atomic mass is 10.1. The van der Waals surface area contributed by atoms with E-state index < -0.39 is 34.1 Å². The van der Waals surface area contributed by atoms with Crippen LogP contribution in [0.1, 0.15) is 18.5 Å². The van der Waals surface area contributed by atoms with Crippen LogP contribution in [0.2, 0.25) is 0 Å². The van der Waals surface area contributed by atoms with Crippen LogP contribution in [-0.2, 0) is 0 Å². The average Bonchev–Trinajstić information content (AvgIpc) is 2.41. The molecular weight excluding hydrogens is 285 g/mol. The lowest BCUT2D eigenvalue weighted by Crippen LogP contribution is -2.10. The van der Waals surface area contributed by atoms with Crippen LogP contribution in [0, 0.1) is 27.6 Å². The molecule has 0 aliphatic heterocycles. The zero-order chi connectivity index (χ0) is 15.6. The van der Waals surface area contributed by atoms with Crippen LogP contribution in [0.3, 0.4) is 0 Å². The fourth-order valence-corrected chi connectivity index (χ4v) is 1.93. The topological polar surface area (TPSA) is 55.2 Å². The van der Waals surface area contributed by atoms with Gasteiger partial charge < -0.3 is 5.32 Å². The molecule has 7 heteroatoms. The van der Waals surface area contributed by atoms with E-state index in [2.05, 4.69) is 5.32 Å². The van der Waals surface area contributed by atoms with Crippen molar-refractivity contribution in [2.24, 2.45) is 0 Å². The van der Waals surface area contributed by atoms with Gasteiger partial charge in [-0.3, -0.25) is 10.1 Å². The molecular formula is C14H11F3N2O2. The standard InChI is InChI=1S/C14H11F3N2O2/c1-8(9-4-2-3-5-10(9)15)18-13-7-14(19(20)21)12(17)6-11(13)16/h2-8,18H,1H3. The summed E-state index contributed by atoms with van der Waals surface area (Å²) in [6.45, 7) is 1.56. The van der Waals surface area contributed by atoms with E-state index in [0.29, 0.717) is 6.07 Å². The molecule has 0 aliphatic carbocycles. The van der Waals surface area contributed by atoms with Crippen molar-refractivity contribution < 1.29 is 18.1 Å². The maximum Gasteiger partial charge on any atom is 0.307 e. The number of nitro groups is 1. The number of nitro benzene ring substituents is 1. The van der Waals surface area contributed by atoms with Gasteiger partial charge in [0.1, 0.15) is 11.6 Å². The molecule has 0 saturated heterocycles. The summed E-state index contributed by atoms with van der Waals surface area (Å²) >= 11 is 0. The zero-order valence-electron chi connectivity index (χ0n) is 10.9. The third-order valence-electron chi connectivity index (χ3n) is 2.98. The highest BCUT2D eigenvalue weighted by molar-refractivity contribution is 5.54. The van der Waals surface area contributed by atoms with Gasteiger partial charge in [-0.05, 0) is 13.0 Å². The minimum absolute atomic E-state index is 0.265. The Morgan fingerprint density at radius 1 is 1.10 bits per heavy atom. The molecule has 0 aromatic heterocycles. The van der Waals surface area contributed by atoms with E-state index in [0.717, 1.165) is 6.07 Å². The first-order valence-corrected chi connectivity index (χ1v) is 6.04. The van der Waals surface area contributed by atoms with E-state index in [4.69, 9.17) is 0 Å².